The Morgan fingerprint density at radius 3 is 2.62 bits per heavy atom. The maximum atomic E-state index is 11.3. The molecule has 26 heavy (non-hydrogen) atoms. The molecule has 0 aromatic heterocycles. The first-order valence-electron chi connectivity index (χ1n) is 9.58. The second-order valence-electron chi connectivity index (χ2n) is 7.47. The fourth-order valence-corrected chi connectivity index (χ4v) is 3.25. The van der Waals surface area contributed by atoms with Gasteiger partial charge in [-0.3, -0.25) is 9.69 Å². The van der Waals surface area contributed by atoms with Gasteiger partial charge in [-0.05, 0) is 64.4 Å². The zero-order chi connectivity index (χ0) is 19.0. The van der Waals surface area contributed by atoms with Gasteiger partial charge in [-0.25, -0.2) is 4.99 Å². The van der Waals surface area contributed by atoms with E-state index in [1.54, 1.807) is 12.1 Å². The van der Waals surface area contributed by atoms with Gasteiger partial charge in [0.05, 0.1) is 6.54 Å². The van der Waals surface area contributed by atoms with E-state index in [0.29, 0.717) is 12.1 Å². The molecule has 1 aromatic carbocycles. The highest BCUT2D eigenvalue weighted by molar-refractivity contribution is 5.92. The summed E-state index contributed by atoms with van der Waals surface area (Å²) >= 11 is 0. The average molecular weight is 360 g/mol. The summed E-state index contributed by atoms with van der Waals surface area (Å²) in [5, 5.41) is 6.77. The molecule has 2 rings (SSSR count). The van der Waals surface area contributed by atoms with Gasteiger partial charge in [0.2, 0.25) is 5.91 Å². The molecule has 1 fully saturated rings. The highest BCUT2D eigenvalue weighted by Crippen LogP contribution is 2.19. The fourth-order valence-electron chi connectivity index (χ4n) is 3.25. The lowest BCUT2D eigenvalue weighted by Crippen LogP contribution is -2.54. The van der Waals surface area contributed by atoms with Gasteiger partial charge in [0.25, 0.3) is 0 Å². The van der Waals surface area contributed by atoms with Gasteiger partial charge in [0.1, 0.15) is 0 Å². The topological polar surface area (TPSA) is 82.7 Å². The number of benzene rings is 1. The number of piperidine rings is 1. The zero-order valence-corrected chi connectivity index (χ0v) is 16.3. The van der Waals surface area contributed by atoms with Crippen molar-refractivity contribution < 1.29 is 4.79 Å². The summed E-state index contributed by atoms with van der Waals surface area (Å²) in [6.07, 6.45) is 3.91. The number of likely N-dealkylation sites (tertiary alicyclic amines) is 1. The summed E-state index contributed by atoms with van der Waals surface area (Å²) < 4.78 is 0. The minimum absolute atomic E-state index is 0.0858. The van der Waals surface area contributed by atoms with Crippen molar-refractivity contribution in [2.24, 2.45) is 10.7 Å². The van der Waals surface area contributed by atoms with Crippen LogP contribution in [-0.4, -0.2) is 48.5 Å². The monoisotopic (exact) mass is 359 g/mol. The van der Waals surface area contributed by atoms with Gasteiger partial charge in [0.15, 0.2) is 5.96 Å². The first kappa shape index (κ1) is 20.2. The molecule has 6 heteroatoms. The van der Waals surface area contributed by atoms with Crippen LogP contribution >= 0.6 is 0 Å². The molecule has 1 heterocycles. The second-order valence-corrected chi connectivity index (χ2v) is 7.47. The molecule has 1 amide bonds. The van der Waals surface area contributed by atoms with Crippen LogP contribution in [0.4, 0.5) is 0 Å². The van der Waals surface area contributed by atoms with E-state index in [2.05, 4.69) is 41.3 Å². The molecule has 0 radical (unpaired) electrons. The summed E-state index contributed by atoms with van der Waals surface area (Å²) in [4.78, 5) is 18.5. The number of hydrogen-bond donors (Lipinski definition) is 3. The van der Waals surface area contributed by atoms with Crippen molar-refractivity contribution in [2.45, 2.75) is 52.1 Å². The van der Waals surface area contributed by atoms with E-state index < -0.39 is 5.91 Å². The molecule has 1 aliphatic heterocycles. The molecule has 0 saturated carbocycles. The smallest absolute Gasteiger partial charge is 0.248 e. The zero-order valence-electron chi connectivity index (χ0n) is 16.3. The van der Waals surface area contributed by atoms with Crippen molar-refractivity contribution in [1.82, 2.24) is 15.5 Å². The van der Waals surface area contributed by atoms with Crippen LogP contribution in [0, 0.1) is 0 Å². The van der Waals surface area contributed by atoms with E-state index in [1.165, 1.54) is 32.4 Å². The Balaban J connectivity index is 1.97. The van der Waals surface area contributed by atoms with Crippen LogP contribution in [-0.2, 0) is 6.54 Å². The Bertz CT molecular complexity index is 620. The Morgan fingerprint density at radius 2 is 1.96 bits per heavy atom. The third-order valence-corrected chi connectivity index (χ3v) is 4.88. The normalized spacial score (nSPS) is 16.3. The third-order valence-electron chi connectivity index (χ3n) is 4.88. The van der Waals surface area contributed by atoms with Crippen LogP contribution in [0.3, 0.4) is 0 Å². The van der Waals surface area contributed by atoms with Crippen molar-refractivity contribution in [3.63, 3.8) is 0 Å². The fraction of sp³-hybridized carbons (Fsp3) is 0.600. The quantitative estimate of drug-likeness (QED) is 0.514. The molecule has 1 aromatic rings. The van der Waals surface area contributed by atoms with Crippen LogP contribution in [0.15, 0.2) is 29.3 Å². The predicted octanol–water partition coefficient (Wildman–Crippen LogP) is 2.11. The number of nitrogens with two attached hydrogens (primary N) is 1. The minimum Gasteiger partial charge on any atom is -0.366 e. The number of primary amides is 1. The highest BCUT2D eigenvalue weighted by atomic mass is 16.1. The second kappa shape index (κ2) is 9.57. The van der Waals surface area contributed by atoms with Gasteiger partial charge < -0.3 is 16.4 Å². The highest BCUT2D eigenvalue weighted by Gasteiger charge is 2.27. The summed E-state index contributed by atoms with van der Waals surface area (Å²) in [6, 6.07) is 7.31. The molecule has 1 saturated heterocycles. The van der Waals surface area contributed by atoms with E-state index >= 15 is 0 Å². The van der Waals surface area contributed by atoms with Gasteiger partial charge in [-0.15, -0.1) is 0 Å². The molecule has 0 bridgehead atoms. The summed E-state index contributed by atoms with van der Waals surface area (Å²) in [5.74, 6) is 0.381. The van der Waals surface area contributed by atoms with Crippen LogP contribution in [0.2, 0.25) is 0 Å². The Hall–Kier alpha value is -2.08. The first-order valence-corrected chi connectivity index (χ1v) is 9.58. The SMILES string of the molecule is CCNC(=NCc1cccc(C(N)=O)c1)NCC(C)(C)N1CCCCC1. The lowest BCUT2D eigenvalue weighted by molar-refractivity contribution is 0.0982. The van der Waals surface area contributed by atoms with Crippen molar-refractivity contribution in [1.29, 1.82) is 0 Å². The predicted molar refractivity (Wildman–Crippen MR) is 107 cm³/mol. The van der Waals surface area contributed by atoms with Gasteiger partial charge in [-0.1, -0.05) is 18.6 Å². The van der Waals surface area contributed by atoms with Crippen LogP contribution in [0.25, 0.3) is 0 Å². The summed E-state index contributed by atoms with van der Waals surface area (Å²) in [7, 11) is 0. The van der Waals surface area contributed by atoms with Crippen molar-refractivity contribution in [2.75, 3.05) is 26.2 Å². The standard InChI is InChI=1S/C20H33N5O/c1-4-22-19(23-14-16-9-8-10-17(13-16)18(21)26)24-15-20(2,3)25-11-6-5-7-12-25/h8-10,13H,4-7,11-12,14-15H2,1-3H3,(H2,21,26)(H2,22,23,24). The maximum absolute atomic E-state index is 11.3. The van der Waals surface area contributed by atoms with E-state index in [-0.39, 0.29) is 5.54 Å². The Morgan fingerprint density at radius 1 is 1.23 bits per heavy atom. The number of rotatable bonds is 7. The molecule has 144 valence electrons. The van der Waals surface area contributed by atoms with E-state index in [4.69, 9.17) is 5.73 Å². The number of carbonyl (C=O) groups excluding carboxylic acids is 1. The number of nitrogens with zero attached hydrogens (tertiary/aromatic N) is 2. The average Bonchev–Trinajstić information content (AvgIpc) is 2.65. The number of amides is 1. The number of guanidine groups is 1. The van der Waals surface area contributed by atoms with Gasteiger partial charge in [-0.2, -0.15) is 0 Å². The number of carbonyl (C=O) groups is 1. The molecule has 0 aliphatic carbocycles. The van der Waals surface area contributed by atoms with Crippen molar-refractivity contribution in [3.8, 4) is 0 Å². The molecule has 4 N–H and O–H groups in total. The van der Waals surface area contributed by atoms with Crippen LogP contribution < -0.4 is 16.4 Å². The van der Waals surface area contributed by atoms with Crippen LogP contribution in [0.5, 0.6) is 0 Å². The van der Waals surface area contributed by atoms with Crippen LogP contribution in [0.1, 0.15) is 56.0 Å². The lowest BCUT2D eigenvalue weighted by Gasteiger charge is -2.41. The number of aliphatic imine (C=N–C) groups is 1. The number of hydrogen-bond acceptors (Lipinski definition) is 3. The molecule has 0 atom stereocenters. The van der Waals surface area contributed by atoms with Crippen molar-refractivity contribution in [3.05, 3.63) is 35.4 Å². The molecule has 1 aliphatic rings. The summed E-state index contributed by atoms with van der Waals surface area (Å²) in [5.41, 5.74) is 6.92. The first-order chi connectivity index (χ1) is 12.4. The van der Waals surface area contributed by atoms with E-state index in [9.17, 15) is 4.79 Å². The Kier molecular flexibility index (Phi) is 7.45. The summed E-state index contributed by atoms with van der Waals surface area (Å²) in [6.45, 7) is 11.1. The maximum Gasteiger partial charge on any atom is 0.248 e. The largest absolute Gasteiger partial charge is 0.366 e. The van der Waals surface area contributed by atoms with E-state index in [0.717, 1.165) is 24.6 Å². The molecule has 0 spiro atoms. The molecular weight excluding hydrogens is 326 g/mol. The van der Waals surface area contributed by atoms with E-state index in [1.807, 2.05) is 12.1 Å². The molecule has 6 nitrogen and oxygen atoms in total. The van der Waals surface area contributed by atoms with Gasteiger partial charge in [0, 0.05) is 24.2 Å². The Labute approximate surface area is 157 Å². The molecule has 0 unspecified atom stereocenters. The number of nitrogens with one attached hydrogen (secondary N) is 2. The minimum atomic E-state index is -0.413. The van der Waals surface area contributed by atoms with Crippen molar-refractivity contribution >= 4 is 11.9 Å². The lowest BCUT2D eigenvalue weighted by atomic mass is 9.98. The third kappa shape index (κ3) is 6.02. The van der Waals surface area contributed by atoms with Gasteiger partial charge >= 0.3 is 0 Å². The molecular formula is C20H33N5O.